The Bertz CT molecular complexity index is 1050. The van der Waals surface area contributed by atoms with Crippen molar-refractivity contribution in [2.75, 3.05) is 26.4 Å². The van der Waals surface area contributed by atoms with Crippen LogP contribution in [0.3, 0.4) is 0 Å². The lowest BCUT2D eigenvalue weighted by Crippen LogP contribution is -2.50. The smallest absolute Gasteiger partial charge is 0.307 e. The number of halogens is 1. The lowest BCUT2D eigenvalue weighted by molar-refractivity contribution is -0.145. The number of hydrogen-bond acceptors (Lipinski definition) is 6. The first-order valence-electron chi connectivity index (χ1n) is 9.34. The third-order valence-electron chi connectivity index (χ3n) is 4.77. The van der Waals surface area contributed by atoms with E-state index in [1.54, 1.807) is 21.6 Å². The average molecular weight is 434 g/mol. The van der Waals surface area contributed by atoms with E-state index in [-0.39, 0.29) is 24.3 Å². The van der Waals surface area contributed by atoms with Gasteiger partial charge in [-0.05, 0) is 13.0 Å². The molecule has 0 N–H and O–H groups in total. The Balaban J connectivity index is 1.62. The third-order valence-corrected chi connectivity index (χ3v) is 5.94. The first-order valence-corrected chi connectivity index (χ1v) is 10.6. The van der Waals surface area contributed by atoms with Crippen LogP contribution in [0, 0.1) is 0 Å². The van der Waals surface area contributed by atoms with Gasteiger partial charge in [-0.1, -0.05) is 29.8 Å². The van der Waals surface area contributed by atoms with E-state index in [4.69, 9.17) is 21.1 Å². The maximum atomic E-state index is 13.3. The topological polar surface area (TPSA) is 73.1 Å². The number of esters is 1. The van der Waals surface area contributed by atoms with Gasteiger partial charge in [0.2, 0.25) is 0 Å². The monoisotopic (exact) mass is 433 g/mol. The number of ether oxygens (including phenoxy) is 2. The van der Waals surface area contributed by atoms with E-state index in [1.807, 2.05) is 30.5 Å². The van der Waals surface area contributed by atoms with Crippen LogP contribution in [0.25, 0.3) is 16.2 Å². The summed E-state index contributed by atoms with van der Waals surface area (Å²) in [5.74, 6) is -0.489. The number of thiazole rings is 1. The predicted molar refractivity (Wildman–Crippen MR) is 110 cm³/mol. The minimum atomic E-state index is -0.350. The Hall–Kier alpha value is -2.42. The molecule has 152 valence electrons. The molecule has 0 unspecified atom stereocenters. The zero-order valence-corrected chi connectivity index (χ0v) is 17.4. The second-order valence-electron chi connectivity index (χ2n) is 6.62. The molecular formula is C20H20ClN3O4S. The Morgan fingerprint density at radius 1 is 1.38 bits per heavy atom. The van der Waals surface area contributed by atoms with E-state index in [9.17, 15) is 9.59 Å². The molecule has 29 heavy (non-hydrogen) atoms. The van der Waals surface area contributed by atoms with Gasteiger partial charge in [-0.15, -0.1) is 11.3 Å². The van der Waals surface area contributed by atoms with Gasteiger partial charge in [-0.2, -0.15) is 0 Å². The molecule has 0 bridgehead atoms. The maximum absolute atomic E-state index is 13.3. The fourth-order valence-electron chi connectivity index (χ4n) is 3.39. The second-order valence-corrected chi connectivity index (χ2v) is 7.86. The molecule has 1 atom stereocenters. The van der Waals surface area contributed by atoms with Crippen LogP contribution in [-0.4, -0.2) is 58.6 Å². The lowest BCUT2D eigenvalue weighted by atomic mass is 10.1. The number of amides is 1. The van der Waals surface area contributed by atoms with Gasteiger partial charge in [0.1, 0.15) is 5.69 Å². The number of aromatic nitrogens is 2. The summed E-state index contributed by atoms with van der Waals surface area (Å²) >= 11 is 7.68. The van der Waals surface area contributed by atoms with E-state index < -0.39 is 0 Å². The number of nitrogens with zero attached hydrogens (tertiary/aromatic N) is 3. The number of carbonyl (C=O) groups excluding carboxylic acids is 2. The standard InChI is InChI=1S/C20H20ClN3O4S/c1-2-28-18(25)9-13-11-27-8-7-23(13)19(26)17-12-29-20-22-16(10-24(17)20)14-5-3-4-6-15(14)21/h3-6,10,12-13H,2,7-9,11H2,1H3/t13-/m1/s1. The summed E-state index contributed by atoms with van der Waals surface area (Å²) in [7, 11) is 0. The molecule has 0 saturated carbocycles. The Kier molecular flexibility index (Phi) is 5.84. The summed E-state index contributed by atoms with van der Waals surface area (Å²) in [6, 6.07) is 7.12. The quantitative estimate of drug-likeness (QED) is 0.576. The van der Waals surface area contributed by atoms with Crippen molar-refractivity contribution in [3.63, 3.8) is 0 Å². The normalized spacial score (nSPS) is 16.9. The van der Waals surface area contributed by atoms with Gasteiger partial charge in [-0.3, -0.25) is 14.0 Å². The molecule has 4 rings (SSSR count). The van der Waals surface area contributed by atoms with Crippen molar-refractivity contribution >= 4 is 39.8 Å². The van der Waals surface area contributed by atoms with Gasteiger partial charge in [0, 0.05) is 23.7 Å². The molecule has 3 heterocycles. The summed E-state index contributed by atoms with van der Waals surface area (Å²) in [6.45, 7) is 3.24. The van der Waals surface area contributed by atoms with E-state index in [2.05, 4.69) is 4.98 Å². The van der Waals surface area contributed by atoms with Gasteiger partial charge in [-0.25, -0.2) is 4.98 Å². The minimum Gasteiger partial charge on any atom is -0.466 e. The Morgan fingerprint density at radius 2 is 2.21 bits per heavy atom. The second kappa shape index (κ2) is 8.52. The average Bonchev–Trinajstić information content (AvgIpc) is 3.29. The molecule has 9 heteroatoms. The third kappa shape index (κ3) is 4.01. The van der Waals surface area contributed by atoms with E-state index in [1.165, 1.54) is 11.3 Å². The zero-order valence-electron chi connectivity index (χ0n) is 15.8. The molecule has 0 spiro atoms. The van der Waals surface area contributed by atoms with Gasteiger partial charge < -0.3 is 14.4 Å². The van der Waals surface area contributed by atoms with Crippen LogP contribution in [0.2, 0.25) is 5.02 Å². The van der Waals surface area contributed by atoms with Gasteiger partial charge >= 0.3 is 5.97 Å². The zero-order chi connectivity index (χ0) is 20.4. The number of benzene rings is 1. The summed E-state index contributed by atoms with van der Waals surface area (Å²) in [5.41, 5.74) is 2.03. The first kappa shape index (κ1) is 19.9. The van der Waals surface area contributed by atoms with E-state index >= 15 is 0 Å². The number of morpholine rings is 1. The van der Waals surface area contributed by atoms with Crippen molar-refractivity contribution in [3.05, 3.63) is 46.6 Å². The molecule has 3 aromatic rings. The van der Waals surface area contributed by atoms with Crippen LogP contribution in [0.5, 0.6) is 0 Å². The van der Waals surface area contributed by atoms with Crippen LogP contribution in [0.4, 0.5) is 0 Å². The fraction of sp³-hybridized carbons (Fsp3) is 0.350. The molecule has 1 aliphatic rings. The van der Waals surface area contributed by atoms with Crippen LogP contribution < -0.4 is 0 Å². The predicted octanol–water partition coefficient (Wildman–Crippen LogP) is 3.51. The highest BCUT2D eigenvalue weighted by Gasteiger charge is 2.32. The van der Waals surface area contributed by atoms with Crippen molar-refractivity contribution in [2.24, 2.45) is 0 Å². The van der Waals surface area contributed by atoms with Gasteiger partial charge in [0.05, 0.1) is 43.0 Å². The fourth-order valence-corrected chi connectivity index (χ4v) is 4.47. The summed E-state index contributed by atoms with van der Waals surface area (Å²) in [5, 5.41) is 2.39. The highest BCUT2D eigenvalue weighted by Crippen LogP contribution is 2.29. The first-order chi connectivity index (χ1) is 14.1. The SMILES string of the molecule is CCOC(=O)C[C@@H]1COCCN1C(=O)c1csc2nc(-c3ccccc3Cl)cn12. The van der Waals surface area contributed by atoms with Crippen LogP contribution in [-0.2, 0) is 14.3 Å². The molecule has 1 saturated heterocycles. The molecule has 1 aliphatic heterocycles. The number of fused-ring (bicyclic) bond motifs is 1. The van der Waals surface area contributed by atoms with Crippen molar-refractivity contribution in [3.8, 4) is 11.3 Å². The molecule has 0 aliphatic carbocycles. The van der Waals surface area contributed by atoms with E-state index in [0.29, 0.717) is 47.7 Å². The molecule has 1 fully saturated rings. The number of carbonyl (C=O) groups is 2. The van der Waals surface area contributed by atoms with Crippen LogP contribution in [0.1, 0.15) is 23.8 Å². The van der Waals surface area contributed by atoms with Crippen molar-refractivity contribution in [1.29, 1.82) is 0 Å². The molecular weight excluding hydrogens is 414 g/mol. The highest BCUT2D eigenvalue weighted by molar-refractivity contribution is 7.15. The van der Waals surface area contributed by atoms with Crippen molar-refractivity contribution < 1.29 is 19.1 Å². The molecule has 7 nitrogen and oxygen atoms in total. The highest BCUT2D eigenvalue weighted by atomic mass is 35.5. The van der Waals surface area contributed by atoms with Crippen molar-refractivity contribution in [2.45, 2.75) is 19.4 Å². The maximum Gasteiger partial charge on any atom is 0.307 e. The molecule has 1 aromatic carbocycles. The molecule has 1 amide bonds. The minimum absolute atomic E-state index is 0.113. The van der Waals surface area contributed by atoms with Gasteiger partial charge in [0.25, 0.3) is 5.91 Å². The summed E-state index contributed by atoms with van der Waals surface area (Å²) < 4.78 is 12.3. The molecule has 0 radical (unpaired) electrons. The summed E-state index contributed by atoms with van der Waals surface area (Å²) in [4.78, 5) is 32.2. The number of hydrogen-bond donors (Lipinski definition) is 0. The summed E-state index contributed by atoms with van der Waals surface area (Å²) in [6.07, 6.45) is 1.93. The van der Waals surface area contributed by atoms with Crippen molar-refractivity contribution in [1.82, 2.24) is 14.3 Å². The number of rotatable bonds is 5. The van der Waals surface area contributed by atoms with E-state index in [0.717, 1.165) is 5.56 Å². The number of imidazole rings is 1. The molecule has 2 aromatic heterocycles. The van der Waals surface area contributed by atoms with Crippen LogP contribution >= 0.6 is 22.9 Å². The van der Waals surface area contributed by atoms with Crippen LogP contribution in [0.15, 0.2) is 35.8 Å². The Labute approximate surface area is 176 Å². The van der Waals surface area contributed by atoms with Gasteiger partial charge in [0.15, 0.2) is 4.96 Å². The largest absolute Gasteiger partial charge is 0.466 e. The Morgan fingerprint density at radius 3 is 3.00 bits per heavy atom. The lowest BCUT2D eigenvalue weighted by Gasteiger charge is -2.34.